The SMILES string of the molecule is C[C@H](CCCC(CO)CO)[C@H]1CC[C@H]2[C@@H]3[C@H](O)C[C@@H]4C[C@H](O)[C@@H](O)C[C@]4(C)[C@H]3C[C@H](O)[C@]12C. The van der Waals surface area contributed by atoms with Crippen LogP contribution in [-0.4, -0.2) is 68.3 Å². The van der Waals surface area contributed by atoms with E-state index in [1.165, 1.54) is 0 Å². The molecule has 6 N–H and O–H groups in total. The highest BCUT2D eigenvalue weighted by atomic mass is 16.3. The molecule has 6 heteroatoms. The van der Waals surface area contributed by atoms with Crippen molar-refractivity contribution in [2.45, 2.75) is 103 Å². The smallest absolute Gasteiger partial charge is 0.0804 e. The van der Waals surface area contributed by atoms with Gasteiger partial charge in [0.15, 0.2) is 0 Å². The second-order valence-electron chi connectivity index (χ2n) is 12.8. The predicted molar refractivity (Wildman–Crippen MR) is 126 cm³/mol. The molecule has 33 heavy (non-hydrogen) atoms. The molecule has 4 rings (SSSR count). The lowest BCUT2D eigenvalue weighted by atomic mass is 9.43. The maximum Gasteiger partial charge on any atom is 0.0804 e. The molecule has 0 aliphatic heterocycles. The molecule has 0 aromatic rings. The molecule has 4 aliphatic rings. The number of aliphatic hydroxyl groups excluding tert-OH is 6. The summed E-state index contributed by atoms with van der Waals surface area (Å²) in [6.07, 6.45) is 5.11. The predicted octanol–water partition coefficient (Wildman–Crippen LogP) is 2.33. The number of hydrogen-bond donors (Lipinski definition) is 6. The molecular formula is C27H48O6. The molecule has 192 valence electrons. The maximum absolute atomic E-state index is 11.6. The molecule has 0 heterocycles. The third-order valence-electron chi connectivity index (χ3n) is 11.4. The molecule has 4 fully saturated rings. The molecule has 4 saturated carbocycles. The summed E-state index contributed by atoms with van der Waals surface area (Å²) in [4.78, 5) is 0. The molecule has 0 radical (unpaired) electrons. The maximum atomic E-state index is 11.6. The second kappa shape index (κ2) is 9.67. The Hall–Kier alpha value is -0.240. The van der Waals surface area contributed by atoms with Crippen molar-refractivity contribution in [3.63, 3.8) is 0 Å². The molecule has 12 atom stereocenters. The van der Waals surface area contributed by atoms with E-state index in [0.717, 1.165) is 32.1 Å². The van der Waals surface area contributed by atoms with Gasteiger partial charge >= 0.3 is 0 Å². The summed E-state index contributed by atoms with van der Waals surface area (Å²) in [5.41, 5.74) is -0.372. The lowest BCUT2D eigenvalue weighted by Gasteiger charge is -2.64. The van der Waals surface area contributed by atoms with Crippen LogP contribution < -0.4 is 0 Å². The summed E-state index contributed by atoms with van der Waals surface area (Å²) >= 11 is 0. The highest BCUT2D eigenvalue weighted by molar-refractivity contribution is 5.15. The Morgan fingerprint density at radius 3 is 2.15 bits per heavy atom. The highest BCUT2D eigenvalue weighted by Gasteiger charge is 2.66. The number of rotatable bonds is 7. The monoisotopic (exact) mass is 468 g/mol. The summed E-state index contributed by atoms with van der Waals surface area (Å²) in [6, 6.07) is 0. The van der Waals surface area contributed by atoms with Gasteiger partial charge in [-0.2, -0.15) is 0 Å². The standard InChI is InChI=1S/C27H48O6/c1-15(5-4-6-16(13-28)14-29)18-7-8-19-25-20(11-24(33)27(18,19)3)26(2)12-23(32)21(30)9-17(26)10-22(25)31/h15-25,28-33H,4-14H2,1-3H3/t15-,17+,18-,19+,20+,21+,22-,23+,24+,25+,26+,27-/m1/s1. The Balaban J connectivity index is 1.52. The van der Waals surface area contributed by atoms with E-state index in [2.05, 4.69) is 20.8 Å². The van der Waals surface area contributed by atoms with Crippen molar-refractivity contribution >= 4 is 0 Å². The lowest BCUT2D eigenvalue weighted by Crippen LogP contribution is -2.63. The van der Waals surface area contributed by atoms with E-state index < -0.39 is 24.4 Å². The van der Waals surface area contributed by atoms with Crippen LogP contribution in [0, 0.1) is 52.3 Å². The van der Waals surface area contributed by atoms with Crippen LogP contribution in [0.3, 0.4) is 0 Å². The molecule has 0 spiro atoms. The zero-order valence-corrected chi connectivity index (χ0v) is 20.8. The van der Waals surface area contributed by atoms with Crippen molar-refractivity contribution in [1.82, 2.24) is 0 Å². The van der Waals surface area contributed by atoms with Crippen LogP contribution in [0.5, 0.6) is 0 Å². The van der Waals surface area contributed by atoms with Crippen LogP contribution in [0.15, 0.2) is 0 Å². The summed E-state index contributed by atoms with van der Waals surface area (Å²) in [5, 5.41) is 62.5. The minimum atomic E-state index is -0.717. The largest absolute Gasteiger partial charge is 0.396 e. The molecule has 6 nitrogen and oxygen atoms in total. The fourth-order valence-electron chi connectivity index (χ4n) is 9.34. The zero-order chi connectivity index (χ0) is 24.1. The molecule has 0 aromatic heterocycles. The van der Waals surface area contributed by atoms with Gasteiger partial charge in [0.25, 0.3) is 0 Å². The zero-order valence-electron chi connectivity index (χ0n) is 20.8. The van der Waals surface area contributed by atoms with E-state index >= 15 is 0 Å². The van der Waals surface area contributed by atoms with E-state index in [4.69, 9.17) is 0 Å². The Bertz CT molecular complexity index is 669. The molecule has 0 aromatic carbocycles. The minimum Gasteiger partial charge on any atom is -0.396 e. The Labute approximate surface area is 199 Å². The van der Waals surface area contributed by atoms with Gasteiger partial charge < -0.3 is 30.6 Å². The van der Waals surface area contributed by atoms with Gasteiger partial charge in [0.05, 0.1) is 24.4 Å². The van der Waals surface area contributed by atoms with Gasteiger partial charge in [0.1, 0.15) is 0 Å². The van der Waals surface area contributed by atoms with Gasteiger partial charge in [-0.05, 0) is 91.3 Å². The van der Waals surface area contributed by atoms with Crippen molar-refractivity contribution in [2.75, 3.05) is 13.2 Å². The number of fused-ring (bicyclic) bond motifs is 5. The van der Waals surface area contributed by atoms with Crippen molar-refractivity contribution in [3.05, 3.63) is 0 Å². The summed E-state index contributed by atoms with van der Waals surface area (Å²) in [6.45, 7) is 6.84. The van der Waals surface area contributed by atoms with Gasteiger partial charge in [-0.15, -0.1) is 0 Å². The van der Waals surface area contributed by atoms with E-state index in [1.807, 2.05) is 0 Å². The first kappa shape index (κ1) is 25.8. The van der Waals surface area contributed by atoms with Crippen LogP contribution in [0.1, 0.15) is 78.6 Å². The molecule has 0 bridgehead atoms. The van der Waals surface area contributed by atoms with Gasteiger partial charge in [-0.25, -0.2) is 0 Å². The summed E-state index contributed by atoms with van der Waals surface area (Å²) < 4.78 is 0. The van der Waals surface area contributed by atoms with Crippen LogP contribution in [0.2, 0.25) is 0 Å². The fourth-order valence-corrected chi connectivity index (χ4v) is 9.34. The molecular weight excluding hydrogens is 420 g/mol. The Morgan fingerprint density at radius 2 is 1.48 bits per heavy atom. The molecule has 0 amide bonds. The van der Waals surface area contributed by atoms with E-state index in [-0.39, 0.29) is 53.6 Å². The second-order valence-corrected chi connectivity index (χ2v) is 12.8. The topological polar surface area (TPSA) is 121 Å². The quantitative estimate of drug-likeness (QED) is 0.341. The Morgan fingerprint density at radius 1 is 0.818 bits per heavy atom. The molecule has 4 aliphatic carbocycles. The van der Waals surface area contributed by atoms with Gasteiger partial charge in [0, 0.05) is 19.1 Å². The normalized spacial score (nSPS) is 50.5. The lowest BCUT2D eigenvalue weighted by molar-refractivity contribution is -0.219. The van der Waals surface area contributed by atoms with Crippen LogP contribution >= 0.6 is 0 Å². The van der Waals surface area contributed by atoms with Crippen molar-refractivity contribution < 1.29 is 30.6 Å². The third-order valence-corrected chi connectivity index (χ3v) is 11.4. The minimum absolute atomic E-state index is 0.0270. The fraction of sp³-hybridized carbons (Fsp3) is 1.00. The first-order chi connectivity index (χ1) is 15.6. The number of hydrogen-bond acceptors (Lipinski definition) is 6. The van der Waals surface area contributed by atoms with E-state index in [0.29, 0.717) is 37.5 Å². The Kier molecular flexibility index (Phi) is 7.57. The van der Waals surface area contributed by atoms with Gasteiger partial charge in [-0.3, -0.25) is 0 Å². The van der Waals surface area contributed by atoms with Crippen LogP contribution in [0.25, 0.3) is 0 Å². The molecule has 0 saturated heterocycles. The van der Waals surface area contributed by atoms with E-state index in [9.17, 15) is 30.6 Å². The molecule has 0 unspecified atom stereocenters. The first-order valence-electron chi connectivity index (χ1n) is 13.5. The van der Waals surface area contributed by atoms with E-state index in [1.54, 1.807) is 0 Å². The average Bonchev–Trinajstić information content (AvgIpc) is 3.13. The van der Waals surface area contributed by atoms with Crippen LogP contribution in [0.4, 0.5) is 0 Å². The highest BCUT2D eigenvalue weighted by Crippen LogP contribution is 2.68. The van der Waals surface area contributed by atoms with Crippen LogP contribution in [-0.2, 0) is 0 Å². The third kappa shape index (κ3) is 4.21. The summed E-state index contributed by atoms with van der Waals surface area (Å²) in [5.74, 6) is 1.58. The van der Waals surface area contributed by atoms with Gasteiger partial charge in [0.2, 0.25) is 0 Å². The number of aliphatic hydroxyl groups is 6. The van der Waals surface area contributed by atoms with Crippen molar-refractivity contribution in [1.29, 1.82) is 0 Å². The van der Waals surface area contributed by atoms with Crippen molar-refractivity contribution in [3.8, 4) is 0 Å². The first-order valence-corrected chi connectivity index (χ1v) is 13.5. The summed E-state index contributed by atoms with van der Waals surface area (Å²) in [7, 11) is 0. The van der Waals surface area contributed by atoms with Crippen molar-refractivity contribution in [2.24, 2.45) is 52.3 Å². The average molecular weight is 469 g/mol. The van der Waals surface area contributed by atoms with Gasteiger partial charge in [-0.1, -0.05) is 33.6 Å².